The van der Waals surface area contributed by atoms with E-state index < -0.39 is 0 Å². The third kappa shape index (κ3) is 3.82. The van der Waals surface area contributed by atoms with Crippen LogP contribution in [0.5, 0.6) is 0 Å². The number of amides is 1. The largest absolute Gasteiger partial charge is 0.372 e. The second-order valence-corrected chi connectivity index (χ2v) is 9.09. The zero-order chi connectivity index (χ0) is 21.5. The van der Waals surface area contributed by atoms with Crippen LogP contribution in [0.1, 0.15) is 46.6 Å². The Morgan fingerprint density at radius 1 is 1.10 bits per heavy atom. The molecule has 0 bridgehead atoms. The van der Waals surface area contributed by atoms with Gasteiger partial charge in [-0.1, -0.05) is 53.2 Å². The minimum absolute atomic E-state index is 0.000303. The molecule has 0 aliphatic carbocycles. The van der Waals surface area contributed by atoms with Crippen molar-refractivity contribution in [2.45, 2.75) is 52.5 Å². The van der Waals surface area contributed by atoms with Crippen molar-refractivity contribution in [2.75, 3.05) is 16.0 Å². The number of anilines is 4. The van der Waals surface area contributed by atoms with Crippen LogP contribution in [-0.4, -0.2) is 21.9 Å². The molecule has 1 unspecified atom stereocenters. The van der Waals surface area contributed by atoms with Crippen LogP contribution in [0.25, 0.3) is 10.9 Å². The number of hydrogen-bond acceptors (Lipinski definition) is 5. The summed E-state index contributed by atoms with van der Waals surface area (Å²) in [6.45, 7) is 10.8. The van der Waals surface area contributed by atoms with Crippen molar-refractivity contribution in [3.63, 3.8) is 0 Å². The van der Waals surface area contributed by atoms with Gasteiger partial charge >= 0.3 is 0 Å². The molecule has 156 valence electrons. The normalized spacial score (nSPS) is 17.1. The fourth-order valence-corrected chi connectivity index (χ4v) is 3.70. The van der Waals surface area contributed by atoms with Crippen LogP contribution in [0.2, 0.25) is 0 Å². The quantitative estimate of drug-likeness (QED) is 0.540. The number of benzene rings is 2. The lowest BCUT2D eigenvalue weighted by Crippen LogP contribution is -2.43. The van der Waals surface area contributed by atoms with Crippen LogP contribution in [0.3, 0.4) is 0 Å². The highest BCUT2D eigenvalue weighted by atomic mass is 16.2. The average Bonchev–Trinajstić information content (AvgIpc) is 2.71. The zero-order valence-electron chi connectivity index (χ0n) is 18.2. The van der Waals surface area contributed by atoms with E-state index in [2.05, 4.69) is 84.8 Å². The summed E-state index contributed by atoms with van der Waals surface area (Å²) in [5, 5.41) is 10.7. The smallest absolute Gasteiger partial charge is 0.247 e. The molecule has 1 aliphatic rings. The minimum Gasteiger partial charge on any atom is -0.372 e. The highest BCUT2D eigenvalue weighted by Gasteiger charge is 2.29. The monoisotopic (exact) mass is 403 g/mol. The molecular formula is C24H29N5O. The molecule has 0 saturated carbocycles. The van der Waals surface area contributed by atoms with Gasteiger partial charge in [0.1, 0.15) is 18.2 Å². The number of nitrogens with zero attached hydrogens (tertiary/aromatic N) is 2. The van der Waals surface area contributed by atoms with Gasteiger partial charge in [-0.05, 0) is 41.2 Å². The van der Waals surface area contributed by atoms with E-state index in [0.29, 0.717) is 5.82 Å². The van der Waals surface area contributed by atoms with Crippen molar-refractivity contribution in [3.05, 3.63) is 48.3 Å². The van der Waals surface area contributed by atoms with Crippen LogP contribution in [-0.2, 0) is 10.2 Å². The molecule has 6 heteroatoms. The van der Waals surface area contributed by atoms with Crippen molar-refractivity contribution in [2.24, 2.45) is 5.92 Å². The number of carbonyl (C=O) groups is 1. The van der Waals surface area contributed by atoms with Crippen molar-refractivity contribution >= 4 is 39.7 Å². The molecular weight excluding hydrogens is 374 g/mol. The molecule has 2 aromatic carbocycles. The van der Waals surface area contributed by atoms with Crippen LogP contribution >= 0.6 is 0 Å². The van der Waals surface area contributed by atoms with Gasteiger partial charge in [0, 0.05) is 11.1 Å². The lowest BCUT2D eigenvalue weighted by Gasteiger charge is -2.30. The molecule has 6 nitrogen and oxygen atoms in total. The van der Waals surface area contributed by atoms with Gasteiger partial charge in [-0.3, -0.25) is 4.79 Å². The van der Waals surface area contributed by atoms with Gasteiger partial charge in [0.15, 0.2) is 0 Å². The lowest BCUT2D eigenvalue weighted by atomic mass is 9.87. The third-order valence-electron chi connectivity index (χ3n) is 5.85. The van der Waals surface area contributed by atoms with Crippen molar-refractivity contribution in [1.29, 1.82) is 0 Å². The number of rotatable bonds is 4. The van der Waals surface area contributed by atoms with Crippen molar-refractivity contribution in [1.82, 2.24) is 9.97 Å². The fraction of sp³-hybridized carbons (Fsp3) is 0.375. The molecule has 0 fully saturated rings. The zero-order valence-corrected chi connectivity index (χ0v) is 18.2. The Hall–Kier alpha value is -3.15. The van der Waals surface area contributed by atoms with Gasteiger partial charge in [0.05, 0.1) is 16.9 Å². The summed E-state index contributed by atoms with van der Waals surface area (Å²) < 4.78 is 0. The topological polar surface area (TPSA) is 78.9 Å². The molecule has 0 radical (unpaired) electrons. The molecule has 30 heavy (non-hydrogen) atoms. The molecule has 1 amide bonds. The summed E-state index contributed by atoms with van der Waals surface area (Å²) >= 11 is 0. The van der Waals surface area contributed by atoms with E-state index in [4.69, 9.17) is 0 Å². The van der Waals surface area contributed by atoms with E-state index in [9.17, 15) is 4.79 Å². The molecule has 2 atom stereocenters. The Labute approximate surface area is 177 Å². The summed E-state index contributed by atoms with van der Waals surface area (Å²) in [4.78, 5) is 21.4. The van der Waals surface area contributed by atoms with Crippen molar-refractivity contribution < 1.29 is 4.79 Å². The van der Waals surface area contributed by atoms with Gasteiger partial charge in [0.25, 0.3) is 0 Å². The Bertz CT molecular complexity index is 1090. The molecule has 1 aliphatic heterocycles. The summed E-state index contributed by atoms with van der Waals surface area (Å²) in [6.07, 6.45) is 2.49. The van der Waals surface area contributed by atoms with Crippen LogP contribution in [0.4, 0.5) is 22.9 Å². The molecule has 4 rings (SSSR count). The minimum atomic E-state index is -0.235. The molecule has 0 spiro atoms. The Balaban J connectivity index is 1.67. The van der Waals surface area contributed by atoms with Crippen molar-refractivity contribution in [3.8, 4) is 0 Å². The van der Waals surface area contributed by atoms with E-state index in [1.807, 2.05) is 12.1 Å². The second-order valence-electron chi connectivity index (χ2n) is 9.09. The van der Waals surface area contributed by atoms with Gasteiger partial charge in [-0.2, -0.15) is 0 Å². The SMILES string of the molecule is CCC(C)[C@@H]1Nc2cc3ncnc(Nc4ccc(C(C)(C)C)cc4)c3cc2NC1=O. The molecule has 0 saturated heterocycles. The number of hydrogen-bond donors (Lipinski definition) is 3. The van der Waals surface area contributed by atoms with Gasteiger partial charge in [-0.15, -0.1) is 0 Å². The average molecular weight is 404 g/mol. The third-order valence-corrected chi connectivity index (χ3v) is 5.85. The predicted molar refractivity (Wildman–Crippen MR) is 123 cm³/mol. The highest BCUT2D eigenvalue weighted by molar-refractivity contribution is 6.07. The van der Waals surface area contributed by atoms with Crippen LogP contribution < -0.4 is 16.0 Å². The Kier molecular flexibility index (Phi) is 5.10. The standard InChI is InChI=1S/C24H29N5O/c1-6-14(2)21-23(30)29-19-11-17-18(12-20(19)28-21)25-13-26-22(17)27-16-9-7-15(8-10-16)24(3,4)5/h7-14,21,28H,6H2,1-5H3,(H,29,30)(H,25,26,27)/t14?,21-/m0/s1. The summed E-state index contributed by atoms with van der Waals surface area (Å²) in [5.41, 5.74) is 4.82. The molecule has 1 aromatic heterocycles. The van der Waals surface area contributed by atoms with E-state index in [-0.39, 0.29) is 23.3 Å². The summed E-state index contributed by atoms with van der Waals surface area (Å²) in [5.74, 6) is 0.956. The first-order valence-corrected chi connectivity index (χ1v) is 10.5. The fourth-order valence-electron chi connectivity index (χ4n) is 3.70. The maximum atomic E-state index is 12.6. The Morgan fingerprint density at radius 2 is 1.83 bits per heavy atom. The first-order valence-electron chi connectivity index (χ1n) is 10.5. The highest BCUT2D eigenvalue weighted by Crippen LogP contribution is 2.35. The summed E-state index contributed by atoms with van der Waals surface area (Å²) in [6, 6.07) is 12.1. The summed E-state index contributed by atoms with van der Waals surface area (Å²) in [7, 11) is 0. The maximum Gasteiger partial charge on any atom is 0.247 e. The molecule has 2 heterocycles. The Morgan fingerprint density at radius 3 is 2.50 bits per heavy atom. The van der Waals surface area contributed by atoms with Gasteiger partial charge in [-0.25, -0.2) is 9.97 Å². The first-order chi connectivity index (χ1) is 14.3. The second kappa shape index (κ2) is 7.59. The maximum absolute atomic E-state index is 12.6. The van der Waals surface area contributed by atoms with Gasteiger partial charge < -0.3 is 16.0 Å². The molecule has 3 aromatic rings. The number of aromatic nitrogens is 2. The first kappa shape index (κ1) is 20.1. The van der Waals surface area contributed by atoms with E-state index >= 15 is 0 Å². The number of nitrogens with one attached hydrogen (secondary N) is 3. The number of fused-ring (bicyclic) bond motifs is 2. The van der Waals surface area contributed by atoms with Crippen LogP contribution in [0, 0.1) is 5.92 Å². The van der Waals surface area contributed by atoms with Crippen LogP contribution in [0.15, 0.2) is 42.7 Å². The van der Waals surface area contributed by atoms with E-state index in [0.717, 1.165) is 34.4 Å². The van der Waals surface area contributed by atoms with E-state index in [1.54, 1.807) is 6.33 Å². The number of carbonyl (C=O) groups excluding carboxylic acids is 1. The predicted octanol–water partition coefficient (Wildman–Crippen LogP) is 5.45. The van der Waals surface area contributed by atoms with E-state index in [1.165, 1.54) is 5.56 Å². The van der Waals surface area contributed by atoms with Gasteiger partial charge in [0.2, 0.25) is 5.91 Å². The lowest BCUT2D eigenvalue weighted by molar-refractivity contribution is -0.118. The molecule has 3 N–H and O–H groups in total.